The quantitative estimate of drug-likeness (QED) is 0.778. The predicted molar refractivity (Wildman–Crippen MR) is 70.1 cm³/mol. The highest BCUT2D eigenvalue weighted by molar-refractivity contribution is 5.29. The van der Waals surface area contributed by atoms with Gasteiger partial charge in [-0.15, -0.1) is 6.58 Å². The minimum atomic E-state index is 0.335. The third-order valence-electron chi connectivity index (χ3n) is 3.24. The van der Waals surface area contributed by atoms with Crippen LogP contribution in [-0.4, -0.2) is 36.2 Å². The molecule has 1 aromatic rings. The first-order valence-electron chi connectivity index (χ1n) is 6.16. The summed E-state index contributed by atoms with van der Waals surface area (Å²) in [5.74, 6) is 0.340. The molecule has 0 aliphatic carbocycles. The summed E-state index contributed by atoms with van der Waals surface area (Å²) < 4.78 is 0. The van der Waals surface area contributed by atoms with Crippen molar-refractivity contribution in [3.8, 4) is 5.75 Å². The van der Waals surface area contributed by atoms with E-state index in [-0.39, 0.29) is 0 Å². The van der Waals surface area contributed by atoms with Crippen molar-refractivity contribution in [1.82, 2.24) is 10.2 Å². The van der Waals surface area contributed by atoms with E-state index >= 15 is 0 Å². The van der Waals surface area contributed by atoms with Crippen LogP contribution in [0.5, 0.6) is 5.75 Å². The zero-order valence-corrected chi connectivity index (χ0v) is 10.1. The summed E-state index contributed by atoms with van der Waals surface area (Å²) in [5, 5.41) is 12.9. The molecule has 1 heterocycles. The van der Waals surface area contributed by atoms with Gasteiger partial charge in [0.05, 0.1) is 0 Å². The number of piperazine rings is 1. The smallest absolute Gasteiger partial charge is 0.115 e. The number of hydrogen-bond acceptors (Lipinski definition) is 3. The van der Waals surface area contributed by atoms with Gasteiger partial charge in [0.1, 0.15) is 5.75 Å². The maximum absolute atomic E-state index is 9.57. The summed E-state index contributed by atoms with van der Waals surface area (Å²) >= 11 is 0. The molecule has 3 nitrogen and oxygen atoms in total. The molecule has 1 fully saturated rings. The van der Waals surface area contributed by atoms with E-state index < -0.39 is 0 Å². The molecule has 2 N–H and O–H groups in total. The molecule has 1 aromatic carbocycles. The number of phenols is 1. The molecule has 0 spiro atoms. The van der Waals surface area contributed by atoms with E-state index in [0.717, 1.165) is 32.6 Å². The Morgan fingerprint density at radius 1 is 1.41 bits per heavy atom. The lowest BCUT2D eigenvalue weighted by atomic mass is 10.0. The van der Waals surface area contributed by atoms with Crippen LogP contribution < -0.4 is 5.32 Å². The van der Waals surface area contributed by atoms with Crippen molar-refractivity contribution in [1.29, 1.82) is 0 Å². The minimum Gasteiger partial charge on any atom is -0.508 e. The van der Waals surface area contributed by atoms with Crippen molar-refractivity contribution in [2.24, 2.45) is 0 Å². The monoisotopic (exact) mass is 232 g/mol. The Morgan fingerprint density at radius 3 is 2.82 bits per heavy atom. The molecule has 0 unspecified atom stereocenters. The Morgan fingerprint density at radius 2 is 2.18 bits per heavy atom. The largest absolute Gasteiger partial charge is 0.508 e. The molecule has 0 radical (unpaired) electrons. The van der Waals surface area contributed by atoms with Crippen LogP contribution in [0.25, 0.3) is 0 Å². The fraction of sp³-hybridized carbons (Fsp3) is 0.429. The second kappa shape index (κ2) is 5.84. The zero-order chi connectivity index (χ0) is 12.1. The maximum Gasteiger partial charge on any atom is 0.115 e. The number of hydrogen-bond donors (Lipinski definition) is 2. The van der Waals surface area contributed by atoms with E-state index in [1.54, 1.807) is 6.07 Å². The second-order valence-corrected chi connectivity index (χ2v) is 4.42. The molecule has 0 saturated carbocycles. The fourth-order valence-electron chi connectivity index (χ4n) is 2.38. The average molecular weight is 232 g/mol. The van der Waals surface area contributed by atoms with Gasteiger partial charge in [0, 0.05) is 32.2 Å². The number of rotatable bonds is 4. The first-order chi connectivity index (χ1) is 8.31. The van der Waals surface area contributed by atoms with E-state index in [0.29, 0.717) is 11.8 Å². The van der Waals surface area contributed by atoms with E-state index in [1.807, 2.05) is 18.2 Å². The Balaban J connectivity index is 2.18. The highest BCUT2D eigenvalue weighted by atomic mass is 16.3. The standard InChI is InChI=1S/C14H20N2O/c1-2-4-14(16-9-7-15-8-10-16)12-5-3-6-13(17)11-12/h2-3,5-6,11,14-15,17H,1,4,7-10H2/t14-/m1/s1. The lowest BCUT2D eigenvalue weighted by Gasteiger charge is -2.34. The molecule has 92 valence electrons. The van der Waals surface area contributed by atoms with Crippen LogP contribution in [0.15, 0.2) is 36.9 Å². The van der Waals surface area contributed by atoms with Crippen LogP contribution >= 0.6 is 0 Å². The van der Waals surface area contributed by atoms with Gasteiger partial charge in [-0.1, -0.05) is 18.2 Å². The SMILES string of the molecule is C=CC[C@H](c1cccc(O)c1)N1CCNCC1. The van der Waals surface area contributed by atoms with Gasteiger partial charge in [0.2, 0.25) is 0 Å². The van der Waals surface area contributed by atoms with Crippen LogP contribution in [0.2, 0.25) is 0 Å². The highest BCUT2D eigenvalue weighted by Crippen LogP contribution is 2.27. The van der Waals surface area contributed by atoms with Crippen LogP contribution in [0.3, 0.4) is 0 Å². The zero-order valence-electron chi connectivity index (χ0n) is 10.1. The van der Waals surface area contributed by atoms with E-state index in [1.165, 1.54) is 5.56 Å². The Labute approximate surface area is 103 Å². The van der Waals surface area contributed by atoms with Crippen molar-refractivity contribution >= 4 is 0 Å². The fourth-order valence-corrected chi connectivity index (χ4v) is 2.38. The normalized spacial score (nSPS) is 18.8. The van der Waals surface area contributed by atoms with Gasteiger partial charge < -0.3 is 10.4 Å². The van der Waals surface area contributed by atoms with Crippen molar-refractivity contribution in [3.05, 3.63) is 42.5 Å². The summed E-state index contributed by atoms with van der Waals surface area (Å²) in [6.45, 7) is 8.01. The highest BCUT2D eigenvalue weighted by Gasteiger charge is 2.20. The Kier molecular flexibility index (Phi) is 4.18. The van der Waals surface area contributed by atoms with Gasteiger partial charge in [-0.05, 0) is 24.1 Å². The molecule has 3 heteroatoms. The van der Waals surface area contributed by atoms with Crippen molar-refractivity contribution in [2.75, 3.05) is 26.2 Å². The molecular weight excluding hydrogens is 212 g/mol. The third-order valence-corrected chi connectivity index (χ3v) is 3.24. The minimum absolute atomic E-state index is 0.335. The Hall–Kier alpha value is -1.32. The first-order valence-corrected chi connectivity index (χ1v) is 6.16. The van der Waals surface area contributed by atoms with Gasteiger partial charge in [-0.3, -0.25) is 4.90 Å². The first kappa shape index (κ1) is 12.1. The third kappa shape index (κ3) is 3.08. The molecule has 0 amide bonds. The molecule has 1 aliphatic rings. The second-order valence-electron chi connectivity index (χ2n) is 4.42. The lowest BCUT2D eigenvalue weighted by Crippen LogP contribution is -2.45. The lowest BCUT2D eigenvalue weighted by molar-refractivity contribution is 0.174. The van der Waals surface area contributed by atoms with Crippen LogP contribution in [0.1, 0.15) is 18.0 Å². The summed E-state index contributed by atoms with van der Waals surface area (Å²) in [5.41, 5.74) is 1.17. The van der Waals surface area contributed by atoms with Crippen LogP contribution in [0.4, 0.5) is 0 Å². The average Bonchev–Trinajstić information content (AvgIpc) is 2.37. The number of nitrogens with one attached hydrogen (secondary N) is 1. The molecule has 2 rings (SSSR count). The van der Waals surface area contributed by atoms with Crippen LogP contribution in [-0.2, 0) is 0 Å². The molecule has 0 bridgehead atoms. The molecular formula is C14H20N2O. The number of benzene rings is 1. The number of phenolic OH excluding ortho intramolecular Hbond substituents is 1. The molecule has 17 heavy (non-hydrogen) atoms. The van der Waals surface area contributed by atoms with Gasteiger partial charge >= 0.3 is 0 Å². The van der Waals surface area contributed by atoms with E-state index in [9.17, 15) is 5.11 Å². The van der Waals surface area contributed by atoms with Crippen molar-refractivity contribution in [2.45, 2.75) is 12.5 Å². The molecule has 0 aromatic heterocycles. The predicted octanol–water partition coefficient (Wildman–Crippen LogP) is 1.91. The molecule has 1 aliphatic heterocycles. The summed E-state index contributed by atoms with van der Waals surface area (Å²) in [7, 11) is 0. The number of aromatic hydroxyl groups is 1. The van der Waals surface area contributed by atoms with E-state index in [2.05, 4.69) is 22.9 Å². The summed E-state index contributed by atoms with van der Waals surface area (Å²) in [4.78, 5) is 2.45. The molecule has 1 saturated heterocycles. The van der Waals surface area contributed by atoms with Gasteiger partial charge in [0.25, 0.3) is 0 Å². The van der Waals surface area contributed by atoms with Gasteiger partial charge in [-0.2, -0.15) is 0 Å². The number of nitrogens with zero attached hydrogens (tertiary/aromatic N) is 1. The van der Waals surface area contributed by atoms with Gasteiger partial charge in [0.15, 0.2) is 0 Å². The van der Waals surface area contributed by atoms with E-state index in [4.69, 9.17) is 0 Å². The van der Waals surface area contributed by atoms with Crippen molar-refractivity contribution < 1.29 is 5.11 Å². The topological polar surface area (TPSA) is 35.5 Å². The Bertz CT molecular complexity index is 372. The summed E-state index contributed by atoms with van der Waals surface area (Å²) in [6, 6.07) is 7.89. The molecule has 1 atom stereocenters. The summed E-state index contributed by atoms with van der Waals surface area (Å²) in [6.07, 6.45) is 2.88. The van der Waals surface area contributed by atoms with Crippen LogP contribution in [0, 0.1) is 0 Å². The van der Waals surface area contributed by atoms with Gasteiger partial charge in [-0.25, -0.2) is 0 Å². The van der Waals surface area contributed by atoms with Crippen molar-refractivity contribution in [3.63, 3.8) is 0 Å². The maximum atomic E-state index is 9.57.